The lowest BCUT2D eigenvalue weighted by atomic mass is 10.3. The van der Waals surface area contributed by atoms with Gasteiger partial charge in [-0.2, -0.15) is 0 Å². The average molecular weight is 524 g/mol. The fraction of sp³-hybridized carbons (Fsp3) is 0.519. The van der Waals surface area contributed by atoms with E-state index in [0.29, 0.717) is 0 Å². The second-order valence-electron chi connectivity index (χ2n) is 9.16. The summed E-state index contributed by atoms with van der Waals surface area (Å²) in [6.45, 7) is 19.7. The van der Waals surface area contributed by atoms with Crippen LogP contribution in [0.3, 0.4) is 0 Å². The maximum Gasteiger partial charge on any atom is 0.295 e. The third-order valence-corrected chi connectivity index (χ3v) is 6.10. The third kappa shape index (κ3) is 10.2. The van der Waals surface area contributed by atoms with Crippen molar-refractivity contribution in [2.45, 2.75) is 69.2 Å². The van der Waals surface area contributed by atoms with Gasteiger partial charge >= 0.3 is 0 Å². The molecule has 38 heavy (non-hydrogen) atoms. The van der Waals surface area contributed by atoms with Crippen LogP contribution in [0.2, 0.25) is 0 Å². The summed E-state index contributed by atoms with van der Waals surface area (Å²) >= 11 is 0. The number of aryl methyl sites for hydroxylation is 11. The number of rotatable bonds is 0. The quantitative estimate of drug-likeness (QED) is 0.315. The van der Waals surface area contributed by atoms with E-state index in [1.54, 1.807) is 12.7 Å². The molecule has 0 N–H and O–H groups in total. The lowest BCUT2D eigenvalue weighted by Crippen LogP contribution is -2.38. The van der Waals surface area contributed by atoms with Crippen LogP contribution >= 0.6 is 0 Å². The third-order valence-electron chi connectivity index (χ3n) is 6.10. The van der Waals surface area contributed by atoms with Crippen molar-refractivity contribution in [1.29, 1.82) is 0 Å². The van der Waals surface area contributed by atoms with Crippen LogP contribution in [-0.4, -0.2) is 34.9 Å². The molecule has 0 aliphatic carbocycles. The van der Waals surface area contributed by atoms with Crippen LogP contribution in [0.15, 0.2) is 18.7 Å². The first-order valence-corrected chi connectivity index (χ1v) is 12.4. The Morgan fingerprint density at radius 2 is 0.921 bits per heavy atom. The van der Waals surface area contributed by atoms with Crippen molar-refractivity contribution in [1.82, 2.24) is 34.9 Å². The zero-order chi connectivity index (χ0) is 29.2. The standard InChI is InChI=1S/C8H13N2.C7H12N3.2C6H10N3/c1-6-5-7(2)10(4)8(3)9-6;1-5-8-6(2)10(4)7(3)9-5;1-5-7-4-9(3)6(2)8-5;1-5-7-4-8-6(2)9(5)3/h5H,1-4H3;1-4H3;2*4H,1-3H3/q4*+1. The SMILES string of the molecule is Cc1cc(C)[n+](C)c(C)n1.Cc1nc(C)[n+](C)c(C)n1.Cc1nc[n+](C)c(C)n1.Cc1ncnc(C)[n+]1C. The van der Waals surface area contributed by atoms with Gasteiger partial charge in [0.05, 0.1) is 28.2 Å². The number of hydrogen-bond acceptors (Lipinski definition) is 7. The summed E-state index contributed by atoms with van der Waals surface area (Å²) in [4.78, 5) is 28.8. The van der Waals surface area contributed by atoms with Gasteiger partial charge in [0.25, 0.3) is 23.8 Å². The highest BCUT2D eigenvalue weighted by atomic mass is 15.1. The van der Waals surface area contributed by atoms with Crippen LogP contribution in [0.4, 0.5) is 0 Å². The fourth-order valence-electron chi connectivity index (χ4n) is 3.09. The molecular weight excluding hydrogens is 478 g/mol. The Morgan fingerprint density at radius 1 is 0.474 bits per heavy atom. The van der Waals surface area contributed by atoms with Crippen LogP contribution in [-0.2, 0) is 28.2 Å². The summed E-state index contributed by atoms with van der Waals surface area (Å²) in [5.41, 5.74) is 2.35. The Morgan fingerprint density at radius 3 is 1.34 bits per heavy atom. The first kappa shape index (κ1) is 32.1. The van der Waals surface area contributed by atoms with Crippen molar-refractivity contribution in [3.05, 3.63) is 76.7 Å². The van der Waals surface area contributed by atoms with E-state index < -0.39 is 0 Å². The zero-order valence-corrected chi connectivity index (χ0v) is 25.7. The first-order valence-electron chi connectivity index (χ1n) is 12.4. The molecule has 4 aromatic rings. The minimum Gasteiger partial charge on any atom is -0.240 e. The molecule has 0 aliphatic heterocycles. The summed E-state index contributed by atoms with van der Waals surface area (Å²) in [5.74, 6) is 7.71. The van der Waals surface area contributed by atoms with Crippen molar-refractivity contribution in [2.75, 3.05) is 0 Å². The highest BCUT2D eigenvalue weighted by Crippen LogP contribution is 1.94. The monoisotopic (exact) mass is 523 g/mol. The van der Waals surface area contributed by atoms with Crippen LogP contribution in [0.5, 0.6) is 0 Å². The summed E-state index contributed by atoms with van der Waals surface area (Å²) < 4.78 is 7.87. The minimum atomic E-state index is 0.825. The van der Waals surface area contributed by atoms with Crippen LogP contribution < -0.4 is 18.3 Å². The largest absolute Gasteiger partial charge is 0.295 e. The zero-order valence-electron chi connectivity index (χ0n) is 25.7. The molecule has 0 fully saturated rings. The maximum absolute atomic E-state index is 4.30. The molecule has 4 aromatic heterocycles. The number of hydrogen-bond donors (Lipinski definition) is 0. The molecule has 11 nitrogen and oxygen atoms in total. The predicted octanol–water partition coefficient (Wildman–Crippen LogP) is 0.894. The molecule has 0 radical (unpaired) electrons. The van der Waals surface area contributed by atoms with Gasteiger partial charge in [0, 0.05) is 68.4 Å². The molecule has 4 rings (SSSR count). The summed E-state index contributed by atoms with van der Waals surface area (Å²) in [7, 11) is 7.86. The average Bonchev–Trinajstić information content (AvgIpc) is 2.83. The van der Waals surface area contributed by atoms with E-state index in [4.69, 9.17) is 0 Å². The summed E-state index contributed by atoms with van der Waals surface area (Å²) in [5, 5.41) is 0. The van der Waals surface area contributed by atoms with Gasteiger partial charge in [-0.15, -0.1) is 0 Å². The molecule has 11 heteroatoms. The minimum absolute atomic E-state index is 0.825. The van der Waals surface area contributed by atoms with Crippen LogP contribution in [0.1, 0.15) is 58.0 Å². The molecule has 0 saturated carbocycles. The lowest BCUT2D eigenvalue weighted by molar-refractivity contribution is -0.690. The van der Waals surface area contributed by atoms with Crippen molar-refractivity contribution in [3.63, 3.8) is 0 Å². The van der Waals surface area contributed by atoms with Crippen molar-refractivity contribution < 1.29 is 18.3 Å². The van der Waals surface area contributed by atoms with Crippen molar-refractivity contribution in [3.8, 4) is 0 Å². The van der Waals surface area contributed by atoms with E-state index in [1.165, 1.54) is 5.69 Å². The highest BCUT2D eigenvalue weighted by molar-refractivity contribution is 5.01. The second kappa shape index (κ2) is 14.7. The Hall–Kier alpha value is -3.89. The molecule has 0 spiro atoms. The van der Waals surface area contributed by atoms with Gasteiger partial charge in [-0.1, -0.05) is 34.9 Å². The summed E-state index contributed by atoms with van der Waals surface area (Å²) in [6, 6.07) is 2.08. The van der Waals surface area contributed by atoms with Crippen LogP contribution in [0, 0.1) is 69.2 Å². The summed E-state index contributed by atoms with van der Waals surface area (Å²) in [6.07, 6.45) is 3.34. The van der Waals surface area contributed by atoms with E-state index in [2.05, 4.69) is 52.4 Å². The van der Waals surface area contributed by atoms with E-state index in [0.717, 1.165) is 52.3 Å². The Bertz CT molecular complexity index is 1250. The molecule has 0 unspecified atom stereocenters. The molecular formula is C27H45N11+4. The lowest BCUT2D eigenvalue weighted by Gasteiger charge is -1.97. The van der Waals surface area contributed by atoms with Gasteiger partial charge < -0.3 is 0 Å². The first-order chi connectivity index (χ1) is 17.6. The second-order valence-corrected chi connectivity index (χ2v) is 9.16. The van der Waals surface area contributed by atoms with Crippen molar-refractivity contribution in [2.24, 2.45) is 28.2 Å². The van der Waals surface area contributed by atoms with Crippen LogP contribution in [0.25, 0.3) is 0 Å². The molecule has 0 amide bonds. The van der Waals surface area contributed by atoms with Gasteiger partial charge in [-0.3, -0.25) is 0 Å². The predicted molar refractivity (Wildman–Crippen MR) is 142 cm³/mol. The smallest absolute Gasteiger partial charge is 0.240 e. The Labute approximate surface area is 227 Å². The number of nitrogens with zero attached hydrogens (tertiary/aromatic N) is 11. The normalized spacial score (nSPS) is 9.84. The molecule has 0 aliphatic rings. The molecule has 204 valence electrons. The van der Waals surface area contributed by atoms with E-state index in [-0.39, 0.29) is 0 Å². The molecule has 0 aromatic carbocycles. The van der Waals surface area contributed by atoms with E-state index >= 15 is 0 Å². The maximum atomic E-state index is 4.30. The fourth-order valence-corrected chi connectivity index (χ4v) is 3.09. The van der Waals surface area contributed by atoms with Gasteiger partial charge in [0.1, 0.15) is 5.69 Å². The molecule has 0 bridgehead atoms. The van der Waals surface area contributed by atoms with E-state index in [9.17, 15) is 0 Å². The van der Waals surface area contributed by atoms with E-state index in [1.807, 2.05) is 104 Å². The van der Waals surface area contributed by atoms with Gasteiger partial charge in [0.15, 0.2) is 5.69 Å². The van der Waals surface area contributed by atoms with Crippen molar-refractivity contribution >= 4 is 0 Å². The van der Waals surface area contributed by atoms with Gasteiger partial charge in [-0.05, 0) is 6.92 Å². The molecule has 4 heterocycles. The Balaban J connectivity index is 0.000000254. The topological polar surface area (TPSA) is 106 Å². The number of aromatic nitrogens is 11. The Kier molecular flexibility index (Phi) is 12.5. The molecule has 0 atom stereocenters. The highest BCUT2D eigenvalue weighted by Gasteiger charge is 2.08. The molecule has 0 saturated heterocycles. The van der Waals surface area contributed by atoms with Gasteiger partial charge in [-0.25, -0.2) is 18.3 Å². The van der Waals surface area contributed by atoms with Gasteiger partial charge in [0.2, 0.25) is 35.4 Å².